The maximum atomic E-state index is 12.0. The molecule has 0 spiro atoms. The summed E-state index contributed by atoms with van der Waals surface area (Å²) in [7, 11) is 0. The Hall–Kier alpha value is -2.08. The van der Waals surface area contributed by atoms with E-state index in [1.54, 1.807) is 0 Å². The van der Waals surface area contributed by atoms with E-state index in [9.17, 15) is 9.59 Å². The molecule has 1 atom stereocenters. The van der Waals surface area contributed by atoms with Crippen LogP contribution in [0.2, 0.25) is 0 Å². The summed E-state index contributed by atoms with van der Waals surface area (Å²) in [6.07, 6.45) is 2.39. The molecule has 1 aliphatic heterocycles. The lowest BCUT2D eigenvalue weighted by atomic mass is 10.0. The number of nitrogens with two attached hydrogens (primary N) is 1. The van der Waals surface area contributed by atoms with E-state index in [0.717, 1.165) is 18.4 Å². The van der Waals surface area contributed by atoms with E-state index in [1.165, 1.54) is 4.90 Å². The molecule has 0 radical (unpaired) electrons. The second-order valence-corrected chi connectivity index (χ2v) is 4.79. The Kier molecular flexibility index (Phi) is 4.95. The maximum absolute atomic E-state index is 12.0. The standard InChI is InChI=1S/C14H19N3O3/c15-13(18)12-8-4-5-9-17(12)14(19)16-20-10-11-6-2-1-3-7-11/h1-3,6-7,12H,4-5,8-10H2,(H2,15,18)(H,16,19). The van der Waals surface area contributed by atoms with Crippen LogP contribution in [0.15, 0.2) is 30.3 Å². The quantitative estimate of drug-likeness (QED) is 0.810. The number of hydroxylamine groups is 1. The van der Waals surface area contributed by atoms with Gasteiger partial charge in [0.2, 0.25) is 5.91 Å². The van der Waals surface area contributed by atoms with Gasteiger partial charge in [0.15, 0.2) is 0 Å². The second-order valence-electron chi connectivity index (χ2n) is 4.79. The smallest absolute Gasteiger partial charge is 0.342 e. The number of amides is 3. The van der Waals surface area contributed by atoms with Crippen LogP contribution in [0.1, 0.15) is 24.8 Å². The van der Waals surface area contributed by atoms with Crippen molar-refractivity contribution in [3.8, 4) is 0 Å². The molecule has 0 bridgehead atoms. The van der Waals surface area contributed by atoms with Crippen LogP contribution in [0.25, 0.3) is 0 Å². The van der Waals surface area contributed by atoms with Crippen LogP contribution in [-0.2, 0) is 16.2 Å². The fraction of sp³-hybridized carbons (Fsp3) is 0.429. The van der Waals surface area contributed by atoms with Crippen molar-refractivity contribution >= 4 is 11.9 Å². The van der Waals surface area contributed by atoms with Crippen LogP contribution in [0.4, 0.5) is 4.79 Å². The van der Waals surface area contributed by atoms with Gasteiger partial charge in [-0.3, -0.25) is 9.63 Å². The van der Waals surface area contributed by atoms with Crippen molar-refractivity contribution in [3.05, 3.63) is 35.9 Å². The summed E-state index contributed by atoms with van der Waals surface area (Å²) in [5, 5.41) is 0. The fourth-order valence-corrected chi connectivity index (χ4v) is 2.28. The zero-order chi connectivity index (χ0) is 14.4. The Morgan fingerprint density at radius 3 is 2.75 bits per heavy atom. The van der Waals surface area contributed by atoms with Crippen molar-refractivity contribution in [2.75, 3.05) is 6.54 Å². The molecule has 2 rings (SSSR count). The summed E-state index contributed by atoms with van der Waals surface area (Å²) < 4.78 is 0. The van der Waals surface area contributed by atoms with Crippen molar-refractivity contribution in [1.29, 1.82) is 0 Å². The summed E-state index contributed by atoms with van der Waals surface area (Å²) in [5.41, 5.74) is 8.63. The first kappa shape index (κ1) is 14.3. The third-order valence-electron chi connectivity index (χ3n) is 3.33. The number of nitrogens with zero attached hydrogens (tertiary/aromatic N) is 1. The van der Waals surface area contributed by atoms with E-state index >= 15 is 0 Å². The molecule has 0 aromatic heterocycles. The molecule has 6 nitrogen and oxygen atoms in total. The predicted octanol–water partition coefficient (Wildman–Crippen LogP) is 1.17. The molecule has 1 unspecified atom stereocenters. The molecule has 1 aromatic carbocycles. The number of hydrogen-bond acceptors (Lipinski definition) is 3. The summed E-state index contributed by atoms with van der Waals surface area (Å²) in [4.78, 5) is 29.9. The topological polar surface area (TPSA) is 84.7 Å². The molecule has 6 heteroatoms. The highest BCUT2D eigenvalue weighted by atomic mass is 16.7. The molecule has 3 amide bonds. The maximum Gasteiger partial charge on any atom is 0.342 e. The van der Waals surface area contributed by atoms with Crippen molar-refractivity contribution in [2.45, 2.75) is 31.9 Å². The number of primary amides is 1. The van der Waals surface area contributed by atoms with Gasteiger partial charge in [-0.1, -0.05) is 30.3 Å². The minimum absolute atomic E-state index is 0.279. The second kappa shape index (κ2) is 6.91. The molecule has 108 valence electrons. The van der Waals surface area contributed by atoms with Gasteiger partial charge in [-0.2, -0.15) is 0 Å². The van der Waals surface area contributed by atoms with Crippen molar-refractivity contribution in [2.24, 2.45) is 5.73 Å². The number of urea groups is 1. The first-order chi connectivity index (χ1) is 9.68. The molecule has 3 N–H and O–H groups in total. The number of rotatable bonds is 4. The van der Waals surface area contributed by atoms with E-state index in [1.807, 2.05) is 30.3 Å². The molecule has 1 aliphatic rings. The highest BCUT2D eigenvalue weighted by molar-refractivity contribution is 5.85. The van der Waals surface area contributed by atoms with E-state index < -0.39 is 18.0 Å². The highest BCUT2D eigenvalue weighted by Gasteiger charge is 2.30. The summed E-state index contributed by atoms with van der Waals surface area (Å²) in [6.45, 7) is 0.801. The summed E-state index contributed by atoms with van der Waals surface area (Å²) in [6, 6.07) is 8.56. The highest BCUT2D eigenvalue weighted by Crippen LogP contribution is 2.16. The van der Waals surface area contributed by atoms with Gasteiger partial charge in [-0.15, -0.1) is 0 Å². The van der Waals surface area contributed by atoms with Crippen molar-refractivity contribution < 1.29 is 14.4 Å². The van der Waals surface area contributed by atoms with E-state index in [-0.39, 0.29) is 6.61 Å². The lowest BCUT2D eigenvalue weighted by molar-refractivity contribution is -0.123. The Morgan fingerprint density at radius 1 is 1.30 bits per heavy atom. The van der Waals surface area contributed by atoms with Gasteiger partial charge in [-0.25, -0.2) is 10.3 Å². The Balaban J connectivity index is 1.83. The number of piperidine rings is 1. The Morgan fingerprint density at radius 2 is 2.05 bits per heavy atom. The van der Waals surface area contributed by atoms with E-state index in [4.69, 9.17) is 10.6 Å². The van der Waals surface area contributed by atoms with Gasteiger partial charge in [0, 0.05) is 6.54 Å². The zero-order valence-electron chi connectivity index (χ0n) is 11.2. The molecule has 0 saturated carbocycles. The van der Waals surface area contributed by atoms with Crippen LogP contribution in [0, 0.1) is 0 Å². The van der Waals surface area contributed by atoms with Gasteiger partial charge < -0.3 is 10.6 Å². The van der Waals surface area contributed by atoms with Gasteiger partial charge in [0.05, 0.1) is 6.61 Å². The predicted molar refractivity (Wildman–Crippen MR) is 73.3 cm³/mol. The molecule has 1 saturated heterocycles. The average Bonchev–Trinajstić information content (AvgIpc) is 2.48. The first-order valence-electron chi connectivity index (χ1n) is 6.70. The zero-order valence-corrected chi connectivity index (χ0v) is 11.2. The minimum Gasteiger partial charge on any atom is -0.368 e. The van der Waals surface area contributed by atoms with Gasteiger partial charge in [0.25, 0.3) is 0 Å². The monoisotopic (exact) mass is 277 g/mol. The van der Waals surface area contributed by atoms with Crippen LogP contribution in [-0.4, -0.2) is 29.4 Å². The van der Waals surface area contributed by atoms with Crippen LogP contribution in [0.3, 0.4) is 0 Å². The molecule has 1 heterocycles. The SMILES string of the molecule is NC(=O)C1CCCCN1C(=O)NOCc1ccccc1. The molecular weight excluding hydrogens is 258 g/mol. The van der Waals surface area contributed by atoms with Gasteiger partial charge in [-0.05, 0) is 24.8 Å². The van der Waals surface area contributed by atoms with Crippen molar-refractivity contribution in [1.82, 2.24) is 10.4 Å². The Labute approximate surface area is 117 Å². The minimum atomic E-state index is -0.538. The lowest BCUT2D eigenvalue weighted by Crippen LogP contribution is -2.53. The summed E-state index contributed by atoms with van der Waals surface area (Å²) in [5.74, 6) is -0.470. The largest absolute Gasteiger partial charge is 0.368 e. The number of carbonyl (C=O) groups excluding carboxylic acids is 2. The fourth-order valence-electron chi connectivity index (χ4n) is 2.28. The summed E-state index contributed by atoms with van der Waals surface area (Å²) >= 11 is 0. The van der Waals surface area contributed by atoms with Crippen LogP contribution >= 0.6 is 0 Å². The molecule has 0 aliphatic carbocycles. The third kappa shape index (κ3) is 3.71. The van der Waals surface area contributed by atoms with E-state index in [2.05, 4.69) is 5.48 Å². The number of nitrogens with one attached hydrogen (secondary N) is 1. The van der Waals surface area contributed by atoms with Crippen LogP contribution in [0.5, 0.6) is 0 Å². The van der Waals surface area contributed by atoms with E-state index in [0.29, 0.717) is 13.0 Å². The Bertz CT molecular complexity index is 464. The molecule has 20 heavy (non-hydrogen) atoms. The molecule has 1 fully saturated rings. The van der Waals surface area contributed by atoms with Crippen LogP contribution < -0.4 is 11.2 Å². The van der Waals surface area contributed by atoms with Gasteiger partial charge >= 0.3 is 6.03 Å². The number of carbonyl (C=O) groups is 2. The van der Waals surface area contributed by atoms with Crippen molar-refractivity contribution in [3.63, 3.8) is 0 Å². The third-order valence-corrected chi connectivity index (χ3v) is 3.33. The number of likely N-dealkylation sites (tertiary alicyclic amines) is 1. The lowest BCUT2D eigenvalue weighted by Gasteiger charge is -2.33. The number of hydrogen-bond donors (Lipinski definition) is 2. The average molecular weight is 277 g/mol. The number of benzene rings is 1. The normalized spacial score (nSPS) is 18.6. The van der Waals surface area contributed by atoms with Gasteiger partial charge in [0.1, 0.15) is 6.04 Å². The molecule has 1 aromatic rings. The molecular formula is C14H19N3O3. The first-order valence-corrected chi connectivity index (χ1v) is 6.70.